The van der Waals surface area contributed by atoms with Crippen LogP contribution < -0.4 is 0 Å². The van der Waals surface area contributed by atoms with E-state index >= 15 is 0 Å². The molecule has 1 aliphatic heterocycles. The molecule has 0 saturated carbocycles. The van der Waals surface area contributed by atoms with Gasteiger partial charge >= 0.3 is 5.97 Å². The Morgan fingerprint density at radius 2 is 2.12 bits per heavy atom. The van der Waals surface area contributed by atoms with E-state index in [4.69, 9.17) is 4.74 Å². The summed E-state index contributed by atoms with van der Waals surface area (Å²) < 4.78 is 5.96. The molecule has 2 rings (SSSR count). The van der Waals surface area contributed by atoms with Gasteiger partial charge in [-0.25, -0.2) is 0 Å². The maximum Gasteiger partial charge on any atom is 0.310 e. The third-order valence-corrected chi connectivity index (χ3v) is 4.03. The highest BCUT2D eigenvalue weighted by molar-refractivity contribution is 9.10. The SMILES string of the molecule is COC(=O)C1CN(C)CC1c1ccccc1Br. The van der Waals surface area contributed by atoms with Gasteiger partial charge in [-0.3, -0.25) is 4.79 Å². The van der Waals surface area contributed by atoms with Crippen molar-refractivity contribution in [2.24, 2.45) is 5.92 Å². The van der Waals surface area contributed by atoms with Gasteiger partial charge in [0, 0.05) is 23.5 Å². The van der Waals surface area contributed by atoms with Crippen molar-refractivity contribution in [1.29, 1.82) is 0 Å². The largest absolute Gasteiger partial charge is 0.469 e. The van der Waals surface area contributed by atoms with Gasteiger partial charge in [-0.05, 0) is 18.7 Å². The van der Waals surface area contributed by atoms with E-state index < -0.39 is 0 Å². The van der Waals surface area contributed by atoms with Crippen LogP contribution in [0, 0.1) is 5.92 Å². The number of carbonyl (C=O) groups is 1. The second-order valence-electron chi connectivity index (χ2n) is 4.48. The van der Waals surface area contributed by atoms with Gasteiger partial charge in [-0.1, -0.05) is 34.1 Å². The minimum absolute atomic E-state index is 0.0660. The molecule has 1 aliphatic rings. The number of ether oxygens (including phenoxy) is 1. The number of hydrogen-bond acceptors (Lipinski definition) is 3. The van der Waals surface area contributed by atoms with E-state index in [9.17, 15) is 4.79 Å². The number of nitrogens with zero attached hydrogens (tertiary/aromatic N) is 1. The van der Waals surface area contributed by atoms with Crippen LogP contribution in [-0.4, -0.2) is 38.1 Å². The molecule has 2 atom stereocenters. The lowest BCUT2D eigenvalue weighted by Gasteiger charge is -2.17. The van der Waals surface area contributed by atoms with E-state index in [1.807, 2.05) is 25.2 Å². The summed E-state index contributed by atoms with van der Waals surface area (Å²) in [5, 5.41) is 0. The maximum atomic E-state index is 11.8. The first-order chi connectivity index (χ1) is 8.13. The van der Waals surface area contributed by atoms with Crippen molar-refractivity contribution in [3.63, 3.8) is 0 Å². The molecule has 0 aromatic heterocycles. The van der Waals surface area contributed by atoms with Crippen LogP contribution in [0.3, 0.4) is 0 Å². The third kappa shape index (κ3) is 2.53. The summed E-state index contributed by atoms with van der Waals surface area (Å²) in [5.74, 6) is 0.0295. The van der Waals surface area contributed by atoms with Crippen molar-refractivity contribution < 1.29 is 9.53 Å². The van der Waals surface area contributed by atoms with Gasteiger partial charge < -0.3 is 9.64 Å². The fourth-order valence-corrected chi connectivity index (χ4v) is 3.06. The van der Waals surface area contributed by atoms with Crippen LogP contribution in [0.2, 0.25) is 0 Å². The molecule has 1 aromatic carbocycles. The Morgan fingerprint density at radius 3 is 2.76 bits per heavy atom. The number of esters is 1. The minimum atomic E-state index is -0.116. The number of carbonyl (C=O) groups excluding carboxylic acids is 1. The number of hydrogen-bond donors (Lipinski definition) is 0. The highest BCUT2D eigenvalue weighted by Gasteiger charge is 2.38. The molecule has 4 heteroatoms. The number of likely N-dealkylation sites (N-methyl/N-ethyl adjacent to an activating group) is 1. The Labute approximate surface area is 110 Å². The average Bonchev–Trinajstić information content (AvgIpc) is 2.71. The standard InChI is InChI=1S/C13H16BrNO2/c1-15-7-10(11(8-15)13(16)17-2)9-5-3-4-6-12(9)14/h3-6,10-11H,7-8H2,1-2H3. The highest BCUT2D eigenvalue weighted by atomic mass is 79.9. The van der Waals surface area contributed by atoms with Gasteiger partial charge in [0.15, 0.2) is 0 Å². The van der Waals surface area contributed by atoms with Crippen LogP contribution in [0.1, 0.15) is 11.5 Å². The van der Waals surface area contributed by atoms with Crippen molar-refractivity contribution in [3.8, 4) is 0 Å². The molecular formula is C13H16BrNO2. The Kier molecular flexibility index (Phi) is 3.84. The minimum Gasteiger partial charge on any atom is -0.469 e. The Hall–Kier alpha value is -0.870. The molecule has 17 heavy (non-hydrogen) atoms. The van der Waals surface area contributed by atoms with Gasteiger partial charge in [-0.15, -0.1) is 0 Å². The zero-order valence-corrected chi connectivity index (χ0v) is 11.6. The number of methoxy groups -OCH3 is 1. The first kappa shape index (κ1) is 12.6. The number of halogens is 1. The summed E-state index contributed by atoms with van der Waals surface area (Å²) in [6, 6.07) is 8.08. The number of rotatable bonds is 2. The summed E-state index contributed by atoms with van der Waals surface area (Å²) >= 11 is 3.55. The van der Waals surface area contributed by atoms with Crippen molar-refractivity contribution in [1.82, 2.24) is 4.90 Å². The predicted octanol–water partition coefficient (Wildman–Crippen LogP) is 2.27. The van der Waals surface area contributed by atoms with Crippen molar-refractivity contribution in [2.75, 3.05) is 27.2 Å². The zero-order valence-electron chi connectivity index (χ0n) is 10.0. The lowest BCUT2D eigenvalue weighted by molar-refractivity contribution is -0.145. The molecule has 0 radical (unpaired) electrons. The van der Waals surface area contributed by atoms with Crippen molar-refractivity contribution >= 4 is 21.9 Å². The van der Waals surface area contributed by atoms with E-state index in [-0.39, 0.29) is 17.8 Å². The molecule has 1 aromatic rings. The van der Waals surface area contributed by atoms with Gasteiger partial charge in [0.25, 0.3) is 0 Å². The van der Waals surface area contributed by atoms with Gasteiger partial charge in [0.2, 0.25) is 0 Å². The summed E-state index contributed by atoms with van der Waals surface area (Å²) in [6.07, 6.45) is 0. The topological polar surface area (TPSA) is 29.5 Å². The molecule has 2 unspecified atom stereocenters. The molecule has 0 bridgehead atoms. The molecule has 1 saturated heterocycles. The third-order valence-electron chi connectivity index (χ3n) is 3.31. The number of likely N-dealkylation sites (tertiary alicyclic amines) is 1. The molecular weight excluding hydrogens is 282 g/mol. The molecule has 92 valence electrons. The molecule has 0 spiro atoms. The Morgan fingerprint density at radius 1 is 1.41 bits per heavy atom. The second-order valence-corrected chi connectivity index (χ2v) is 5.33. The molecule has 1 fully saturated rings. The maximum absolute atomic E-state index is 11.8. The summed E-state index contributed by atoms with van der Waals surface area (Å²) in [6.45, 7) is 1.65. The lowest BCUT2D eigenvalue weighted by Crippen LogP contribution is -2.23. The molecule has 0 aliphatic carbocycles. The summed E-state index contributed by atoms with van der Waals surface area (Å²) in [4.78, 5) is 14.0. The monoisotopic (exact) mass is 297 g/mol. The fraction of sp³-hybridized carbons (Fsp3) is 0.462. The van der Waals surface area contributed by atoms with E-state index in [2.05, 4.69) is 26.9 Å². The summed E-state index contributed by atoms with van der Waals surface area (Å²) in [7, 11) is 3.49. The quantitative estimate of drug-likeness (QED) is 0.785. The van der Waals surface area contributed by atoms with E-state index in [1.165, 1.54) is 12.7 Å². The predicted molar refractivity (Wildman–Crippen MR) is 69.9 cm³/mol. The van der Waals surface area contributed by atoms with Crippen molar-refractivity contribution in [2.45, 2.75) is 5.92 Å². The van der Waals surface area contributed by atoms with Crippen molar-refractivity contribution in [3.05, 3.63) is 34.3 Å². The normalized spacial score (nSPS) is 24.9. The van der Waals surface area contributed by atoms with Crippen LogP contribution in [0.15, 0.2) is 28.7 Å². The van der Waals surface area contributed by atoms with E-state index in [0.29, 0.717) is 0 Å². The Balaban J connectivity index is 2.30. The van der Waals surface area contributed by atoms with Gasteiger partial charge in [-0.2, -0.15) is 0 Å². The van der Waals surface area contributed by atoms with E-state index in [0.717, 1.165) is 17.6 Å². The average molecular weight is 298 g/mol. The molecule has 1 heterocycles. The van der Waals surface area contributed by atoms with Crippen LogP contribution in [0.4, 0.5) is 0 Å². The smallest absolute Gasteiger partial charge is 0.310 e. The first-order valence-corrected chi connectivity index (χ1v) is 6.43. The molecule has 3 nitrogen and oxygen atoms in total. The van der Waals surface area contributed by atoms with Gasteiger partial charge in [0.1, 0.15) is 0 Å². The van der Waals surface area contributed by atoms with E-state index in [1.54, 1.807) is 0 Å². The molecule has 0 amide bonds. The molecule has 0 N–H and O–H groups in total. The lowest BCUT2D eigenvalue weighted by atomic mass is 9.89. The highest BCUT2D eigenvalue weighted by Crippen LogP contribution is 2.36. The number of benzene rings is 1. The second kappa shape index (κ2) is 5.19. The first-order valence-electron chi connectivity index (χ1n) is 5.64. The van der Waals surface area contributed by atoms with Crippen LogP contribution in [-0.2, 0) is 9.53 Å². The van der Waals surface area contributed by atoms with Crippen LogP contribution >= 0.6 is 15.9 Å². The summed E-state index contributed by atoms with van der Waals surface area (Å²) in [5.41, 5.74) is 1.19. The fourth-order valence-electron chi connectivity index (χ4n) is 2.48. The zero-order chi connectivity index (χ0) is 12.4. The van der Waals surface area contributed by atoms with Crippen LogP contribution in [0.5, 0.6) is 0 Å². The van der Waals surface area contributed by atoms with Gasteiger partial charge in [0.05, 0.1) is 13.0 Å². The Bertz CT molecular complexity index is 422. The van der Waals surface area contributed by atoms with Crippen LogP contribution in [0.25, 0.3) is 0 Å².